The van der Waals surface area contributed by atoms with Gasteiger partial charge in [-0.2, -0.15) is 0 Å². The molecule has 2 saturated carbocycles. The van der Waals surface area contributed by atoms with Crippen molar-refractivity contribution in [2.45, 2.75) is 161 Å². The summed E-state index contributed by atoms with van der Waals surface area (Å²) in [5, 5.41) is 32.2. The minimum absolute atomic E-state index is 0.0183. The molecule has 4 N–H and O–H groups in total. The molecule has 80 heavy (non-hydrogen) atoms. The second-order valence-corrected chi connectivity index (χ2v) is 22.4. The van der Waals surface area contributed by atoms with Crippen molar-refractivity contribution in [3.8, 4) is 0 Å². The Kier molecular flexibility index (Phi) is 19.2. The molecule has 19 heteroatoms. The van der Waals surface area contributed by atoms with Gasteiger partial charge in [0.25, 0.3) is 5.91 Å². The summed E-state index contributed by atoms with van der Waals surface area (Å²) in [7, 11) is 0. The molecule has 2 bridgehead atoms. The van der Waals surface area contributed by atoms with Gasteiger partial charge in [0.05, 0.1) is 36.2 Å². The van der Waals surface area contributed by atoms with Crippen LogP contribution in [0.5, 0.6) is 0 Å². The number of carbonyl (C=O) groups is 9. The Labute approximate surface area is 465 Å². The Morgan fingerprint density at radius 2 is 1.41 bits per heavy atom. The number of ether oxygens (including phenoxy) is 6. The highest BCUT2D eigenvalue weighted by atomic mass is 16.6. The normalized spacial score (nSPS) is 27.6. The summed E-state index contributed by atoms with van der Waals surface area (Å²) in [6.45, 7) is 11.9. The van der Waals surface area contributed by atoms with Crippen molar-refractivity contribution in [1.29, 1.82) is 0 Å². The van der Waals surface area contributed by atoms with E-state index in [1.165, 1.54) is 26.0 Å². The van der Waals surface area contributed by atoms with Gasteiger partial charge < -0.3 is 49.3 Å². The number of aliphatic hydroxyl groups excluding tert-OH is 1. The molecule has 1 aliphatic heterocycles. The molecule has 1 saturated heterocycles. The number of esters is 5. The molecule has 430 valence electrons. The van der Waals surface area contributed by atoms with E-state index < -0.39 is 119 Å². The zero-order valence-electron chi connectivity index (χ0n) is 46.7. The number of amides is 1. The molecule has 1 heterocycles. The van der Waals surface area contributed by atoms with E-state index in [4.69, 9.17) is 28.4 Å². The van der Waals surface area contributed by atoms with E-state index in [0.717, 1.165) is 33.1 Å². The first-order valence-corrected chi connectivity index (χ1v) is 27.3. The van der Waals surface area contributed by atoms with Crippen LogP contribution >= 0.6 is 0 Å². The molecule has 0 unspecified atom stereocenters. The van der Waals surface area contributed by atoms with E-state index >= 15 is 9.59 Å². The lowest BCUT2D eigenvalue weighted by Gasteiger charge is -2.67. The summed E-state index contributed by atoms with van der Waals surface area (Å²) in [5.74, 6) is -8.16. The lowest BCUT2D eigenvalue weighted by molar-refractivity contribution is -0.346. The predicted octanol–water partition coefficient (Wildman–Crippen LogP) is 6.01. The number of hydrogen-bond donors (Lipinski definition) is 4. The van der Waals surface area contributed by atoms with Gasteiger partial charge in [-0.05, 0) is 87.6 Å². The second kappa shape index (κ2) is 25.2. The van der Waals surface area contributed by atoms with Crippen LogP contribution in [0.1, 0.15) is 139 Å². The zero-order chi connectivity index (χ0) is 58.3. The Morgan fingerprint density at radius 1 is 0.787 bits per heavy atom. The lowest BCUT2D eigenvalue weighted by atomic mass is 9.44. The third kappa shape index (κ3) is 12.5. The number of carbonyl (C=O) groups excluding carboxylic acids is 9. The monoisotopic (exact) mass is 1110 g/mol. The van der Waals surface area contributed by atoms with E-state index in [-0.39, 0.29) is 78.6 Å². The maximum atomic E-state index is 15.8. The lowest BCUT2D eigenvalue weighted by Crippen LogP contribution is -2.82. The first kappa shape index (κ1) is 60.7. The Balaban J connectivity index is 1.29. The summed E-state index contributed by atoms with van der Waals surface area (Å²) < 4.78 is 37.0. The fraction of sp³-hybridized carbons (Fsp3) is 0.525. The zero-order valence-corrected chi connectivity index (χ0v) is 46.7. The van der Waals surface area contributed by atoms with E-state index in [1.807, 2.05) is 6.92 Å². The molecule has 3 aromatic carbocycles. The number of ketones is 3. The first-order valence-electron chi connectivity index (χ1n) is 27.3. The minimum Gasteiger partial charge on any atom is -0.455 e. The maximum Gasteiger partial charge on any atom is 0.350 e. The fourth-order valence-electron chi connectivity index (χ4n) is 12.1. The molecule has 0 spiro atoms. The largest absolute Gasteiger partial charge is 0.455 e. The van der Waals surface area contributed by atoms with E-state index in [2.05, 4.69) is 10.6 Å². The quantitative estimate of drug-likeness (QED) is 0.0366. The molecule has 0 aromatic heterocycles. The van der Waals surface area contributed by atoms with E-state index in [1.54, 1.807) is 99.6 Å². The van der Waals surface area contributed by atoms with E-state index in [9.17, 15) is 43.8 Å². The Hall–Kier alpha value is -6.93. The molecule has 7 rings (SSSR count). The SMILES string of the molecule is CC(=O)O[C@H]1C(=O)[C@@]2(C)[C@H]([C@H](OC(=O)c3ccccc3)[C@]3(O)C[C@H](OC(=O)[C@H](OC(=O)CCCC(=O)CNCCCC[C@@H](C)C(C)=O)[C@@H](NC(=O)c4ccccc4)c4ccccc4)C(C)=C1C3(C)C)[C@]1(OC(C)=O)CO[C@@H]1C[C@@H]2O. The molecule has 1 amide bonds. The highest BCUT2D eigenvalue weighted by Gasteiger charge is 2.78. The van der Waals surface area contributed by atoms with Gasteiger partial charge in [-0.3, -0.25) is 33.6 Å². The van der Waals surface area contributed by atoms with Gasteiger partial charge in [0.2, 0.25) is 6.10 Å². The summed E-state index contributed by atoms with van der Waals surface area (Å²) in [5.41, 5.74) is -7.61. The number of unbranched alkanes of at least 4 members (excludes halogenated alkanes) is 1. The number of aliphatic hydroxyl groups is 2. The molecule has 12 atom stereocenters. The van der Waals surface area contributed by atoms with Crippen LogP contribution in [0.2, 0.25) is 0 Å². The predicted molar refractivity (Wildman–Crippen MR) is 287 cm³/mol. The van der Waals surface area contributed by atoms with Crippen molar-refractivity contribution >= 4 is 53.1 Å². The smallest absolute Gasteiger partial charge is 0.350 e. The maximum absolute atomic E-state index is 15.8. The highest BCUT2D eigenvalue weighted by molar-refractivity contribution is 5.96. The van der Waals surface area contributed by atoms with Crippen molar-refractivity contribution in [2.75, 3.05) is 19.7 Å². The second-order valence-electron chi connectivity index (χ2n) is 22.4. The number of hydrogen-bond acceptors (Lipinski definition) is 18. The molecule has 4 aliphatic rings. The van der Waals surface area contributed by atoms with Crippen LogP contribution in [0, 0.1) is 22.7 Å². The average Bonchev–Trinajstić information content (AvgIpc) is 3.00. The van der Waals surface area contributed by atoms with Crippen LogP contribution in [0.25, 0.3) is 0 Å². The van der Waals surface area contributed by atoms with Crippen LogP contribution in [0.4, 0.5) is 0 Å². The Bertz CT molecular complexity index is 2840. The summed E-state index contributed by atoms with van der Waals surface area (Å²) in [6.07, 6.45) is -8.97. The molecular weight excluding hydrogens is 1030 g/mol. The standard InChI is InChI=1S/C61H74N2O17/c1-35(37(3)64)21-18-19-30-62-33-43(67)28-20-29-47(69)78-51(49(40-22-12-9-13-23-40)63-55(71)41-24-14-10-15-25-41)57(73)77-44-32-61(74)54(79-56(72)42-26-16-11-17-27-42)52-59(8,45(68)31-46-60(52,34-75-46)80-39(5)66)53(70)50(76-38(4)65)48(36(44)2)58(61,6)7/h9-17,22-27,35,44-46,49-52,54,62,68,74H,18-21,28-34H2,1-8H3,(H,63,71)/t35-,44+,45+,46-,49+,50-,51-,52+,54+,59-,60+,61-/m1/s1. The number of nitrogens with one attached hydrogen (secondary N) is 2. The third-order valence-electron chi connectivity index (χ3n) is 16.8. The van der Waals surface area contributed by atoms with Crippen molar-refractivity contribution in [3.05, 3.63) is 119 Å². The molecular formula is C61H74N2O17. The fourth-order valence-corrected chi connectivity index (χ4v) is 12.1. The van der Waals surface area contributed by atoms with Crippen molar-refractivity contribution in [2.24, 2.45) is 22.7 Å². The molecule has 0 radical (unpaired) electrons. The minimum atomic E-state index is -2.49. The number of Topliss-reactive ketones (excluding diaryl/α,β-unsaturated/α-hetero) is 3. The van der Waals surface area contributed by atoms with Gasteiger partial charge in [-0.25, -0.2) is 9.59 Å². The molecule has 3 aliphatic carbocycles. The summed E-state index contributed by atoms with van der Waals surface area (Å²) >= 11 is 0. The van der Waals surface area contributed by atoms with Gasteiger partial charge in [-0.1, -0.05) is 93.9 Å². The van der Waals surface area contributed by atoms with Gasteiger partial charge in [0, 0.05) is 56.4 Å². The Morgan fingerprint density at radius 3 is 2.00 bits per heavy atom. The van der Waals surface area contributed by atoms with E-state index in [0.29, 0.717) is 12.1 Å². The molecule has 3 aromatic rings. The van der Waals surface area contributed by atoms with Crippen LogP contribution in [-0.4, -0.2) is 131 Å². The number of rotatable bonds is 23. The van der Waals surface area contributed by atoms with Gasteiger partial charge in [-0.15, -0.1) is 0 Å². The molecule has 19 nitrogen and oxygen atoms in total. The first-order chi connectivity index (χ1) is 37.9. The highest BCUT2D eigenvalue weighted by Crippen LogP contribution is 2.64. The van der Waals surface area contributed by atoms with Crippen LogP contribution in [-0.2, 0) is 62.0 Å². The van der Waals surface area contributed by atoms with Crippen LogP contribution in [0.3, 0.4) is 0 Å². The number of benzene rings is 3. The molecule has 3 fully saturated rings. The number of fused-ring (bicyclic) bond motifs is 5. The summed E-state index contributed by atoms with van der Waals surface area (Å²) in [6, 6.07) is 22.6. The average molecular weight is 1110 g/mol. The van der Waals surface area contributed by atoms with Crippen LogP contribution < -0.4 is 10.6 Å². The van der Waals surface area contributed by atoms with Gasteiger partial charge >= 0.3 is 29.8 Å². The van der Waals surface area contributed by atoms with Gasteiger partial charge in [0.1, 0.15) is 41.5 Å². The third-order valence-corrected chi connectivity index (χ3v) is 16.8. The summed E-state index contributed by atoms with van der Waals surface area (Å²) in [4.78, 5) is 125. The van der Waals surface area contributed by atoms with Gasteiger partial charge in [0.15, 0.2) is 17.5 Å². The van der Waals surface area contributed by atoms with Crippen molar-refractivity contribution < 1.29 is 81.8 Å². The van der Waals surface area contributed by atoms with Crippen molar-refractivity contribution in [3.63, 3.8) is 0 Å². The van der Waals surface area contributed by atoms with Crippen molar-refractivity contribution in [1.82, 2.24) is 10.6 Å². The topological polar surface area (TPSA) is 274 Å². The van der Waals surface area contributed by atoms with Crippen LogP contribution in [0.15, 0.2) is 102 Å².